The Morgan fingerprint density at radius 2 is 2.03 bits per heavy atom. The molecular formula is C23H21ClN6O. The highest BCUT2D eigenvalue weighted by Gasteiger charge is 2.22. The van der Waals surface area contributed by atoms with Crippen molar-refractivity contribution in [2.24, 2.45) is 5.92 Å². The third-order valence-electron chi connectivity index (χ3n) is 5.53. The second-order valence-corrected chi connectivity index (χ2v) is 7.83. The van der Waals surface area contributed by atoms with Crippen molar-refractivity contribution in [3.8, 4) is 11.8 Å². The highest BCUT2D eigenvalue weighted by molar-refractivity contribution is 6.32. The summed E-state index contributed by atoms with van der Waals surface area (Å²) >= 11 is 6.23. The maximum absolute atomic E-state index is 9.16. The topological polar surface area (TPSA) is 78.4 Å². The molecule has 1 saturated heterocycles. The summed E-state index contributed by atoms with van der Waals surface area (Å²) in [5.41, 5.74) is 1.52. The molecule has 0 radical (unpaired) electrons. The van der Waals surface area contributed by atoms with Crippen molar-refractivity contribution in [2.75, 3.05) is 30.4 Å². The number of piperidine rings is 1. The Kier molecular flexibility index (Phi) is 6.06. The molecule has 1 fully saturated rings. The van der Waals surface area contributed by atoms with E-state index in [2.05, 4.69) is 31.3 Å². The van der Waals surface area contributed by atoms with Gasteiger partial charge in [0.05, 0.1) is 24.8 Å². The van der Waals surface area contributed by atoms with Gasteiger partial charge in [-0.15, -0.1) is 10.2 Å². The Morgan fingerprint density at radius 3 is 2.71 bits per heavy atom. The van der Waals surface area contributed by atoms with E-state index in [1.807, 2.05) is 30.3 Å². The van der Waals surface area contributed by atoms with Crippen LogP contribution in [-0.4, -0.2) is 30.4 Å². The van der Waals surface area contributed by atoms with Crippen LogP contribution in [0.4, 0.5) is 17.3 Å². The molecule has 2 heterocycles. The van der Waals surface area contributed by atoms with Gasteiger partial charge in [0, 0.05) is 36.3 Å². The molecule has 1 aliphatic rings. The van der Waals surface area contributed by atoms with Crippen molar-refractivity contribution in [1.82, 2.24) is 10.2 Å². The van der Waals surface area contributed by atoms with E-state index in [-0.39, 0.29) is 5.92 Å². The normalized spacial score (nSPS) is 14.1. The zero-order chi connectivity index (χ0) is 21.8. The number of hydrogen-bond donors (Lipinski definition) is 1. The summed E-state index contributed by atoms with van der Waals surface area (Å²) in [6.45, 7) is 9.42. The fourth-order valence-electron chi connectivity index (χ4n) is 3.79. The van der Waals surface area contributed by atoms with Crippen LogP contribution in [0.2, 0.25) is 5.02 Å². The average Bonchev–Trinajstić information content (AvgIpc) is 2.82. The van der Waals surface area contributed by atoms with Gasteiger partial charge < -0.3 is 15.0 Å². The SMILES string of the molecule is [C-]#[N+]c1ccc2c(N3CCC(C#N)CC3)nnc(NCc3ccc(OC)c(Cl)c3)c2c1. The standard InChI is InChI=1S/C23H21ClN6O/c1-26-17-4-5-18-19(12-17)22(27-14-16-3-6-21(31-2)20(24)11-16)28-29-23(18)30-9-7-15(13-25)8-10-30/h3-6,11-12,15H,7-10,14H2,2H3,(H,27,28). The minimum absolute atomic E-state index is 0.0986. The molecule has 0 atom stereocenters. The maximum atomic E-state index is 9.16. The molecule has 0 aliphatic carbocycles. The van der Waals surface area contributed by atoms with Crippen LogP contribution in [0.3, 0.4) is 0 Å². The van der Waals surface area contributed by atoms with E-state index < -0.39 is 0 Å². The Morgan fingerprint density at radius 1 is 1.23 bits per heavy atom. The Balaban J connectivity index is 1.64. The summed E-state index contributed by atoms with van der Waals surface area (Å²) in [6.07, 6.45) is 1.64. The van der Waals surface area contributed by atoms with E-state index in [0.29, 0.717) is 28.8 Å². The number of methoxy groups -OCH3 is 1. The highest BCUT2D eigenvalue weighted by atomic mass is 35.5. The molecule has 8 heteroatoms. The van der Waals surface area contributed by atoms with E-state index in [1.54, 1.807) is 13.2 Å². The summed E-state index contributed by atoms with van der Waals surface area (Å²) in [4.78, 5) is 5.74. The number of ether oxygens (including phenoxy) is 1. The smallest absolute Gasteiger partial charge is 0.188 e. The minimum Gasteiger partial charge on any atom is -0.495 e. The van der Waals surface area contributed by atoms with Crippen LogP contribution in [0.5, 0.6) is 5.75 Å². The van der Waals surface area contributed by atoms with Crippen LogP contribution < -0.4 is 15.0 Å². The van der Waals surface area contributed by atoms with E-state index >= 15 is 0 Å². The number of nitriles is 1. The number of hydrogen-bond acceptors (Lipinski definition) is 6. The lowest BCUT2D eigenvalue weighted by Crippen LogP contribution is -2.34. The molecule has 1 aromatic heterocycles. The van der Waals surface area contributed by atoms with E-state index in [0.717, 1.165) is 48.1 Å². The summed E-state index contributed by atoms with van der Waals surface area (Å²) in [7, 11) is 1.58. The summed E-state index contributed by atoms with van der Waals surface area (Å²) < 4.78 is 5.21. The van der Waals surface area contributed by atoms with Crippen LogP contribution in [0.25, 0.3) is 15.6 Å². The molecule has 7 nitrogen and oxygen atoms in total. The quantitative estimate of drug-likeness (QED) is 0.558. The fraction of sp³-hybridized carbons (Fsp3) is 0.304. The number of anilines is 2. The van der Waals surface area contributed by atoms with Gasteiger partial charge in [-0.2, -0.15) is 5.26 Å². The average molecular weight is 433 g/mol. The highest BCUT2D eigenvalue weighted by Crippen LogP contribution is 2.34. The van der Waals surface area contributed by atoms with Crippen LogP contribution in [0.1, 0.15) is 18.4 Å². The Labute approximate surface area is 186 Å². The number of rotatable bonds is 5. The molecule has 156 valence electrons. The number of benzene rings is 2. The minimum atomic E-state index is 0.0986. The van der Waals surface area contributed by atoms with Gasteiger partial charge in [-0.1, -0.05) is 29.8 Å². The lowest BCUT2D eigenvalue weighted by atomic mass is 9.98. The largest absolute Gasteiger partial charge is 0.495 e. The van der Waals surface area contributed by atoms with E-state index in [1.165, 1.54) is 0 Å². The molecule has 0 unspecified atom stereocenters. The molecule has 0 amide bonds. The molecule has 31 heavy (non-hydrogen) atoms. The fourth-order valence-corrected chi connectivity index (χ4v) is 4.07. The molecule has 2 aromatic carbocycles. The number of halogens is 1. The Hall–Kier alpha value is -3.55. The molecule has 3 aromatic rings. The van der Waals surface area contributed by atoms with Crippen molar-refractivity contribution in [3.63, 3.8) is 0 Å². The molecule has 0 saturated carbocycles. The van der Waals surface area contributed by atoms with Gasteiger partial charge in [0.1, 0.15) is 5.75 Å². The van der Waals surface area contributed by atoms with Gasteiger partial charge in [0.2, 0.25) is 0 Å². The molecule has 4 rings (SSSR count). The van der Waals surface area contributed by atoms with Crippen molar-refractivity contribution in [1.29, 1.82) is 5.26 Å². The first-order chi connectivity index (χ1) is 15.1. The van der Waals surface area contributed by atoms with E-state index in [4.69, 9.17) is 28.2 Å². The third-order valence-corrected chi connectivity index (χ3v) is 5.82. The predicted octanol–water partition coefficient (Wildman–Crippen LogP) is 5.19. The maximum Gasteiger partial charge on any atom is 0.188 e. The van der Waals surface area contributed by atoms with E-state index in [9.17, 15) is 0 Å². The van der Waals surface area contributed by atoms with Gasteiger partial charge in [0.25, 0.3) is 0 Å². The molecular weight excluding hydrogens is 412 g/mol. The van der Waals surface area contributed by atoms with Crippen molar-refractivity contribution >= 4 is 39.7 Å². The van der Waals surface area contributed by atoms with Crippen LogP contribution in [-0.2, 0) is 6.54 Å². The number of nitrogens with zero attached hydrogens (tertiary/aromatic N) is 5. The van der Waals surface area contributed by atoms with Crippen LogP contribution in [0, 0.1) is 23.8 Å². The molecule has 0 spiro atoms. The second-order valence-electron chi connectivity index (χ2n) is 7.43. The third kappa shape index (κ3) is 4.33. The van der Waals surface area contributed by atoms with Gasteiger partial charge >= 0.3 is 0 Å². The van der Waals surface area contributed by atoms with Crippen molar-refractivity contribution < 1.29 is 4.74 Å². The van der Waals surface area contributed by atoms with Gasteiger partial charge in [-0.05, 0) is 36.6 Å². The lowest BCUT2D eigenvalue weighted by Gasteiger charge is -2.30. The first-order valence-corrected chi connectivity index (χ1v) is 10.4. The monoisotopic (exact) mass is 432 g/mol. The zero-order valence-corrected chi connectivity index (χ0v) is 17.9. The van der Waals surface area contributed by atoms with Gasteiger partial charge in [-0.3, -0.25) is 0 Å². The lowest BCUT2D eigenvalue weighted by molar-refractivity contribution is 0.415. The summed E-state index contributed by atoms with van der Waals surface area (Å²) in [5, 5.41) is 23.8. The second kappa shape index (κ2) is 9.07. The molecule has 1 N–H and O–H groups in total. The van der Waals surface area contributed by atoms with Crippen molar-refractivity contribution in [2.45, 2.75) is 19.4 Å². The molecule has 0 bridgehead atoms. The number of nitrogens with one attached hydrogen (secondary N) is 1. The Bertz CT molecular complexity index is 1190. The first kappa shape index (κ1) is 20.7. The van der Waals surface area contributed by atoms with Gasteiger partial charge in [0.15, 0.2) is 17.3 Å². The zero-order valence-electron chi connectivity index (χ0n) is 17.1. The molecule has 1 aliphatic heterocycles. The van der Waals surface area contributed by atoms with Crippen LogP contribution >= 0.6 is 11.6 Å². The summed E-state index contributed by atoms with van der Waals surface area (Å²) in [6, 6.07) is 13.5. The predicted molar refractivity (Wildman–Crippen MR) is 122 cm³/mol. The van der Waals surface area contributed by atoms with Crippen molar-refractivity contribution in [3.05, 3.63) is 58.4 Å². The number of aromatic nitrogens is 2. The van der Waals surface area contributed by atoms with Crippen LogP contribution in [0.15, 0.2) is 36.4 Å². The van der Waals surface area contributed by atoms with Gasteiger partial charge in [-0.25, -0.2) is 4.85 Å². The number of fused-ring (bicyclic) bond motifs is 1. The summed E-state index contributed by atoms with van der Waals surface area (Å²) in [5.74, 6) is 2.13. The first-order valence-electron chi connectivity index (χ1n) is 10.0.